The lowest BCUT2D eigenvalue weighted by atomic mass is 10.1. The molecule has 2 aromatic rings. The molecule has 0 aliphatic carbocycles. The van der Waals surface area contributed by atoms with E-state index in [0.717, 1.165) is 16.7 Å². The number of benzene rings is 2. The fourth-order valence-electron chi connectivity index (χ4n) is 3.64. The van der Waals surface area contributed by atoms with Gasteiger partial charge in [0.15, 0.2) is 0 Å². The number of amides is 1. The van der Waals surface area contributed by atoms with Gasteiger partial charge in [-0.05, 0) is 50.1 Å². The molecule has 0 spiro atoms. The molecule has 144 valence electrons. The number of rotatable bonds is 3. The molecule has 1 heterocycles. The van der Waals surface area contributed by atoms with Gasteiger partial charge in [-0.25, -0.2) is 12.8 Å². The van der Waals surface area contributed by atoms with Crippen LogP contribution in [0.4, 0.5) is 4.39 Å². The fraction of sp³-hybridized carbons (Fsp3) is 0.350. The summed E-state index contributed by atoms with van der Waals surface area (Å²) in [4.78, 5) is 14.4. The molecule has 1 saturated heterocycles. The second kappa shape index (κ2) is 7.40. The van der Waals surface area contributed by atoms with Crippen LogP contribution < -0.4 is 0 Å². The highest BCUT2D eigenvalue weighted by atomic mass is 32.2. The second-order valence-electron chi connectivity index (χ2n) is 6.93. The van der Waals surface area contributed by atoms with Gasteiger partial charge in [0.25, 0.3) is 5.91 Å². The van der Waals surface area contributed by atoms with Gasteiger partial charge in [-0.2, -0.15) is 4.31 Å². The molecule has 1 amide bonds. The Bertz CT molecular complexity index is 957. The molecule has 1 fully saturated rings. The fourth-order valence-corrected chi connectivity index (χ4v) is 5.47. The first-order chi connectivity index (χ1) is 12.7. The van der Waals surface area contributed by atoms with Gasteiger partial charge in [-0.3, -0.25) is 4.79 Å². The van der Waals surface area contributed by atoms with Crippen molar-refractivity contribution in [3.05, 3.63) is 64.5 Å². The number of piperazine rings is 1. The van der Waals surface area contributed by atoms with Crippen molar-refractivity contribution >= 4 is 15.9 Å². The zero-order chi connectivity index (χ0) is 19.8. The molecule has 27 heavy (non-hydrogen) atoms. The number of sulfonamides is 1. The van der Waals surface area contributed by atoms with E-state index in [1.54, 1.807) is 24.8 Å². The molecule has 3 rings (SSSR count). The van der Waals surface area contributed by atoms with Crippen molar-refractivity contribution in [2.75, 3.05) is 26.2 Å². The van der Waals surface area contributed by atoms with E-state index in [9.17, 15) is 17.6 Å². The Balaban J connectivity index is 1.76. The van der Waals surface area contributed by atoms with Crippen LogP contribution in [0.5, 0.6) is 0 Å². The highest BCUT2D eigenvalue weighted by molar-refractivity contribution is 7.89. The summed E-state index contributed by atoms with van der Waals surface area (Å²) in [6.07, 6.45) is 0. The highest BCUT2D eigenvalue weighted by Crippen LogP contribution is 2.26. The van der Waals surface area contributed by atoms with Crippen LogP contribution >= 0.6 is 0 Å². The summed E-state index contributed by atoms with van der Waals surface area (Å²) < 4.78 is 41.0. The average Bonchev–Trinajstić information content (AvgIpc) is 2.60. The summed E-state index contributed by atoms with van der Waals surface area (Å²) >= 11 is 0. The molecule has 2 aromatic carbocycles. The number of nitrogens with zero attached hydrogens (tertiary/aromatic N) is 2. The van der Waals surface area contributed by atoms with Crippen LogP contribution in [0.15, 0.2) is 41.3 Å². The Labute approximate surface area is 159 Å². The number of carbonyl (C=O) groups is 1. The van der Waals surface area contributed by atoms with Gasteiger partial charge in [0, 0.05) is 31.7 Å². The molecule has 0 saturated carbocycles. The molecule has 5 nitrogen and oxygen atoms in total. The van der Waals surface area contributed by atoms with E-state index >= 15 is 0 Å². The minimum Gasteiger partial charge on any atom is -0.336 e. The minimum absolute atomic E-state index is 0.218. The maximum Gasteiger partial charge on any atom is 0.254 e. The summed E-state index contributed by atoms with van der Waals surface area (Å²) in [5.41, 5.74) is 2.75. The van der Waals surface area contributed by atoms with E-state index in [1.165, 1.54) is 22.5 Å². The lowest BCUT2D eigenvalue weighted by Gasteiger charge is -2.34. The van der Waals surface area contributed by atoms with E-state index in [4.69, 9.17) is 0 Å². The van der Waals surface area contributed by atoms with Gasteiger partial charge in [0.2, 0.25) is 10.0 Å². The molecule has 1 aliphatic rings. The van der Waals surface area contributed by atoms with E-state index in [0.29, 0.717) is 4.90 Å². The predicted molar refractivity (Wildman–Crippen MR) is 102 cm³/mol. The number of halogens is 1. The van der Waals surface area contributed by atoms with Crippen LogP contribution in [-0.2, 0) is 10.0 Å². The Morgan fingerprint density at radius 2 is 1.56 bits per heavy atom. The lowest BCUT2D eigenvalue weighted by Crippen LogP contribution is -2.50. The Hall–Kier alpha value is -2.25. The number of carbonyl (C=O) groups excluding carboxylic acids is 1. The van der Waals surface area contributed by atoms with Crippen LogP contribution in [0.2, 0.25) is 0 Å². The van der Waals surface area contributed by atoms with Gasteiger partial charge in [0.1, 0.15) is 5.82 Å². The SMILES string of the molecule is Cc1cc(C)c(S(=O)(=O)N2CCN(C(=O)c3cccc(F)c3)CC2)c(C)c1. The van der Waals surface area contributed by atoms with Crippen molar-refractivity contribution in [2.24, 2.45) is 0 Å². The van der Waals surface area contributed by atoms with Gasteiger partial charge in [-0.15, -0.1) is 0 Å². The summed E-state index contributed by atoms with van der Waals surface area (Å²) in [6, 6.07) is 9.27. The quantitative estimate of drug-likeness (QED) is 0.810. The zero-order valence-corrected chi connectivity index (χ0v) is 16.5. The maximum atomic E-state index is 13.3. The van der Waals surface area contributed by atoms with Gasteiger partial charge in [-0.1, -0.05) is 23.8 Å². The summed E-state index contributed by atoms with van der Waals surface area (Å²) in [7, 11) is -3.63. The van der Waals surface area contributed by atoms with Gasteiger partial charge in [0.05, 0.1) is 4.90 Å². The molecule has 0 atom stereocenters. The second-order valence-corrected chi connectivity index (χ2v) is 8.81. The highest BCUT2D eigenvalue weighted by Gasteiger charge is 2.32. The summed E-state index contributed by atoms with van der Waals surface area (Å²) in [5.74, 6) is -0.748. The Morgan fingerprint density at radius 3 is 2.11 bits per heavy atom. The molecular weight excluding hydrogens is 367 g/mol. The predicted octanol–water partition coefficient (Wildman–Crippen LogP) is 2.90. The van der Waals surface area contributed by atoms with Gasteiger partial charge >= 0.3 is 0 Å². The third-order valence-electron chi connectivity index (χ3n) is 4.80. The molecule has 0 bridgehead atoms. The average molecular weight is 390 g/mol. The summed E-state index contributed by atoms with van der Waals surface area (Å²) in [5, 5.41) is 0. The number of aryl methyl sites for hydroxylation is 3. The first kappa shape index (κ1) is 19.5. The normalized spacial score (nSPS) is 15.8. The smallest absolute Gasteiger partial charge is 0.254 e. The largest absolute Gasteiger partial charge is 0.336 e. The third kappa shape index (κ3) is 3.89. The van der Waals surface area contributed by atoms with Crippen LogP contribution in [0.1, 0.15) is 27.0 Å². The monoisotopic (exact) mass is 390 g/mol. The Kier molecular flexibility index (Phi) is 5.35. The van der Waals surface area contributed by atoms with Crippen LogP contribution in [0.25, 0.3) is 0 Å². The van der Waals surface area contributed by atoms with Crippen LogP contribution in [0, 0.1) is 26.6 Å². The van der Waals surface area contributed by atoms with E-state index in [2.05, 4.69) is 0 Å². The lowest BCUT2D eigenvalue weighted by molar-refractivity contribution is 0.0697. The van der Waals surface area contributed by atoms with Crippen molar-refractivity contribution in [2.45, 2.75) is 25.7 Å². The van der Waals surface area contributed by atoms with E-state index in [1.807, 2.05) is 19.1 Å². The van der Waals surface area contributed by atoms with Crippen LogP contribution in [0.3, 0.4) is 0 Å². The first-order valence-corrected chi connectivity index (χ1v) is 10.3. The molecule has 7 heteroatoms. The molecule has 0 unspecified atom stereocenters. The van der Waals surface area contributed by atoms with Crippen molar-refractivity contribution in [1.29, 1.82) is 0 Å². The van der Waals surface area contributed by atoms with Crippen LogP contribution in [-0.4, -0.2) is 49.7 Å². The van der Waals surface area contributed by atoms with E-state index in [-0.39, 0.29) is 37.6 Å². The molecule has 1 aliphatic heterocycles. The van der Waals surface area contributed by atoms with E-state index < -0.39 is 15.8 Å². The molecular formula is C20H23FN2O3S. The first-order valence-electron chi connectivity index (χ1n) is 8.83. The Morgan fingerprint density at radius 1 is 0.963 bits per heavy atom. The number of hydrogen-bond donors (Lipinski definition) is 0. The van der Waals surface area contributed by atoms with Gasteiger partial charge < -0.3 is 4.90 Å². The molecule has 0 aromatic heterocycles. The maximum absolute atomic E-state index is 13.3. The number of hydrogen-bond acceptors (Lipinski definition) is 3. The van der Waals surface area contributed by atoms with Crippen molar-refractivity contribution < 1.29 is 17.6 Å². The minimum atomic E-state index is -3.63. The standard InChI is InChI=1S/C20H23FN2O3S/c1-14-11-15(2)19(16(3)12-14)27(25,26)23-9-7-22(8-10-23)20(24)17-5-4-6-18(21)13-17/h4-6,11-13H,7-10H2,1-3H3. The van der Waals surface area contributed by atoms with Crippen molar-refractivity contribution in [3.8, 4) is 0 Å². The third-order valence-corrected chi connectivity index (χ3v) is 7.00. The topological polar surface area (TPSA) is 57.7 Å². The van der Waals surface area contributed by atoms with Crippen molar-refractivity contribution in [3.63, 3.8) is 0 Å². The van der Waals surface area contributed by atoms with Crippen molar-refractivity contribution in [1.82, 2.24) is 9.21 Å². The molecule has 0 N–H and O–H groups in total. The molecule has 0 radical (unpaired) electrons. The summed E-state index contributed by atoms with van der Waals surface area (Å²) in [6.45, 7) is 6.53. The zero-order valence-electron chi connectivity index (χ0n) is 15.7.